The number of aryl methyl sites for hydroxylation is 2. The Kier molecular flexibility index (Phi) is 3.50. The van der Waals surface area contributed by atoms with Gasteiger partial charge >= 0.3 is 6.18 Å². The minimum atomic E-state index is -4.30. The lowest BCUT2D eigenvalue weighted by Crippen LogP contribution is -2.09. The van der Waals surface area contributed by atoms with E-state index in [0.29, 0.717) is 12.2 Å². The first-order chi connectivity index (χ1) is 8.88. The predicted octanol–water partition coefficient (Wildman–Crippen LogP) is 3.36. The van der Waals surface area contributed by atoms with Gasteiger partial charge in [-0.15, -0.1) is 0 Å². The molecule has 102 valence electrons. The van der Waals surface area contributed by atoms with E-state index in [0.717, 1.165) is 11.8 Å². The average Bonchev–Trinajstić information content (AvgIpc) is 2.70. The van der Waals surface area contributed by atoms with E-state index < -0.39 is 11.7 Å². The summed E-state index contributed by atoms with van der Waals surface area (Å²) < 4.78 is 39.5. The summed E-state index contributed by atoms with van der Waals surface area (Å²) in [6.07, 6.45) is -2.63. The van der Waals surface area contributed by atoms with E-state index in [9.17, 15) is 13.2 Å². The van der Waals surface area contributed by atoms with Crippen LogP contribution in [-0.4, -0.2) is 9.78 Å². The molecule has 1 aromatic heterocycles. The molecule has 0 saturated heterocycles. The second-order valence-electron chi connectivity index (χ2n) is 4.33. The molecular weight excluding hydrogens is 255 g/mol. The fraction of sp³-hybridized carbons (Fsp3) is 0.308. The Morgan fingerprint density at radius 2 is 2.00 bits per heavy atom. The minimum absolute atomic E-state index is 0.211. The second-order valence-corrected chi connectivity index (χ2v) is 4.33. The molecule has 6 heteroatoms. The molecule has 0 spiro atoms. The third-order valence-corrected chi connectivity index (χ3v) is 2.93. The van der Waals surface area contributed by atoms with Gasteiger partial charge in [0.1, 0.15) is 0 Å². The Bertz CT molecular complexity index is 573. The average molecular weight is 269 g/mol. The minimum Gasteiger partial charge on any atom is -0.379 e. The van der Waals surface area contributed by atoms with Crippen molar-refractivity contribution in [2.75, 3.05) is 5.32 Å². The Morgan fingerprint density at radius 1 is 1.26 bits per heavy atom. The maximum absolute atomic E-state index is 12.6. The molecule has 0 amide bonds. The van der Waals surface area contributed by atoms with Crippen LogP contribution in [0.15, 0.2) is 30.5 Å². The predicted molar refractivity (Wildman–Crippen MR) is 66.7 cm³/mol. The number of rotatable bonds is 3. The number of aromatic nitrogens is 2. The van der Waals surface area contributed by atoms with E-state index in [4.69, 9.17) is 0 Å². The van der Waals surface area contributed by atoms with Crippen molar-refractivity contribution in [3.63, 3.8) is 0 Å². The van der Waals surface area contributed by atoms with Gasteiger partial charge in [0.2, 0.25) is 0 Å². The summed E-state index contributed by atoms with van der Waals surface area (Å²) in [6, 6.07) is 5.89. The van der Waals surface area contributed by atoms with Gasteiger partial charge in [0.05, 0.1) is 17.8 Å². The Morgan fingerprint density at radius 3 is 2.53 bits per heavy atom. The lowest BCUT2D eigenvalue weighted by molar-refractivity contribution is -0.138. The summed E-state index contributed by atoms with van der Waals surface area (Å²) in [4.78, 5) is 0. The molecule has 2 rings (SSSR count). The topological polar surface area (TPSA) is 29.9 Å². The zero-order valence-electron chi connectivity index (χ0n) is 10.6. The van der Waals surface area contributed by atoms with E-state index in [2.05, 4.69) is 10.4 Å². The third kappa shape index (κ3) is 3.07. The quantitative estimate of drug-likeness (QED) is 0.926. The summed E-state index contributed by atoms with van der Waals surface area (Å²) in [7, 11) is 1.81. The van der Waals surface area contributed by atoms with Crippen LogP contribution < -0.4 is 5.32 Å². The molecule has 19 heavy (non-hydrogen) atoms. The molecule has 0 unspecified atom stereocenters. The number of halogens is 3. The molecule has 0 aliphatic heterocycles. The standard InChI is InChI=1S/C13H14F3N3/c1-9-7-10(3-4-12(9)13(14,15)16)17-8-11-5-6-18-19(11)2/h3-7,17H,8H2,1-2H3. The lowest BCUT2D eigenvalue weighted by Gasteiger charge is -2.13. The molecule has 1 N–H and O–H groups in total. The van der Waals surface area contributed by atoms with Crippen molar-refractivity contribution in [1.82, 2.24) is 9.78 Å². The highest BCUT2D eigenvalue weighted by molar-refractivity contribution is 5.49. The van der Waals surface area contributed by atoms with Crippen LogP contribution in [0, 0.1) is 6.92 Å². The number of alkyl halides is 3. The molecule has 0 aliphatic carbocycles. The van der Waals surface area contributed by atoms with Crippen molar-refractivity contribution in [1.29, 1.82) is 0 Å². The third-order valence-electron chi connectivity index (χ3n) is 2.93. The summed E-state index contributed by atoms with van der Waals surface area (Å²) in [5.41, 5.74) is 1.23. The first kappa shape index (κ1) is 13.5. The van der Waals surface area contributed by atoms with E-state index in [1.165, 1.54) is 19.1 Å². The number of nitrogens with one attached hydrogen (secondary N) is 1. The van der Waals surface area contributed by atoms with E-state index in [-0.39, 0.29) is 5.56 Å². The van der Waals surface area contributed by atoms with Crippen LogP contribution in [0.1, 0.15) is 16.8 Å². The van der Waals surface area contributed by atoms with Crippen molar-refractivity contribution >= 4 is 5.69 Å². The van der Waals surface area contributed by atoms with Crippen LogP contribution in [0.4, 0.5) is 18.9 Å². The van der Waals surface area contributed by atoms with E-state index >= 15 is 0 Å². The maximum Gasteiger partial charge on any atom is 0.416 e. The van der Waals surface area contributed by atoms with Crippen molar-refractivity contribution in [3.8, 4) is 0 Å². The number of hydrogen-bond acceptors (Lipinski definition) is 2. The van der Waals surface area contributed by atoms with Gasteiger partial charge in [0, 0.05) is 18.9 Å². The van der Waals surface area contributed by atoms with Gasteiger partial charge in [0.15, 0.2) is 0 Å². The highest BCUT2D eigenvalue weighted by Crippen LogP contribution is 2.32. The zero-order valence-corrected chi connectivity index (χ0v) is 10.6. The molecule has 0 radical (unpaired) electrons. The van der Waals surface area contributed by atoms with E-state index in [1.54, 1.807) is 10.9 Å². The van der Waals surface area contributed by atoms with Crippen LogP contribution in [-0.2, 0) is 19.8 Å². The van der Waals surface area contributed by atoms with Crippen LogP contribution >= 0.6 is 0 Å². The van der Waals surface area contributed by atoms with Crippen molar-refractivity contribution in [2.45, 2.75) is 19.6 Å². The van der Waals surface area contributed by atoms with E-state index in [1.807, 2.05) is 13.1 Å². The number of hydrogen-bond donors (Lipinski definition) is 1. The van der Waals surface area contributed by atoms with Crippen LogP contribution in [0.2, 0.25) is 0 Å². The Balaban J connectivity index is 2.11. The number of nitrogens with zero attached hydrogens (tertiary/aromatic N) is 2. The fourth-order valence-electron chi connectivity index (χ4n) is 1.86. The normalized spacial score (nSPS) is 11.6. The second kappa shape index (κ2) is 4.95. The van der Waals surface area contributed by atoms with Gasteiger partial charge in [-0.2, -0.15) is 18.3 Å². The molecule has 0 fully saturated rings. The molecule has 1 aromatic carbocycles. The summed E-state index contributed by atoms with van der Waals surface area (Å²) >= 11 is 0. The van der Waals surface area contributed by atoms with Gasteiger partial charge < -0.3 is 5.32 Å². The first-order valence-corrected chi connectivity index (χ1v) is 5.76. The molecule has 2 aromatic rings. The van der Waals surface area contributed by atoms with Crippen LogP contribution in [0.5, 0.6) is 0 Å². The highest BCUT2D eigenvalue weighted by atomic mass is 19.4. The molecule has 0 bridgehead atoms. The smallest absolute Gasteiger partial charge is 0.379 e. The summed E-state index contributed by atoms with van der Waals surface area (Å²) in [5.74, 6) is 0. The van der Waals surface area contributed by atoms with Gasteiger partial charge in [-0.25, -0.2) is 0 Å². The van der Waals surface area contributed by atoms with Crippen molar-refractivity contribution in [2.24, 2.45) is 7.05 Å². The van der Waals surface area contributed by atoms with Gasteiger partial charge in [-0.1, -0.05) is 0 Å². The van der Waals surface area contributed by atoms with Gasteiger partial charge in [-0.05, 0) is 36.8 Å². The monoisotopic (exact) mass is 269 g/mol. The summed E-state index contributed by atoms with van der Waals surface area (Å²) in [6.45, 7) is 1.97. The summed E-state index contributed by atoms with van der Waals surface area (Å²) in [5, 5.41) is 7.10. The van der Waals surface area contributed by atoms with Crippen molar-refractivity contribution < 1.29 is 13.2 Å². The molecule has 0 saturated carbocycles. The molecule has 0 aliphatic rings. The van der Waals surface area contributed by atoms with Crippen molar-refractivity contribution in [3.05, 3.63) is 47.3 Å². The van der Waals surface area contributed by atoms with Gasteiger partial charge in [0.25, 0.3) is 0 Å². The number of benzene rings is 1. The largest absolute Gasteiger partial charge is 0.416 e. The SMILES string of the molecule is Cc1cc(NCc2ccnn2C)ccc1C(F)(F)F. The molecule has 1 heterocycles. The van der Waals surface area contributed by atoms with Crippen LogP contribution in [0.25, 0.3) is 0 Å². The lowest BCUT2D eigenvalue weighted by atomic mass is 10.1. The number of anilines is 1. The zero-order chi connectivity index (χ0) is 14.0. The first-order valence-electron chi connectivity index (χ1n) is 5.76. The van der Waals surface area contributed by atoms with Gasteiger partial charge in [-0.3, -0.25) is 4.68 Å². The molecular formula is C13H14F3N3. The Labute approximate surface area is 109 Å². The molecule has 0 atom stereocenters. The highest BCUT2D eigenvalue weighted by Gasteiger charge is 2.32. The maximum atomic E-state index is 12.6. The van der Waals surface area contributed by atoms with Crippen LogP contribution in [0.3, 0.4) is 0 Å². The Hall–Kier alpha value is -1.98. The molecule has 3 nitrogen and oxygen atoms in total. The fourth-order valence-corrected chi connectivity index (χ4v) is 1.86.